The molecule has 1 fully saturated rings. The summed E-state index contributed by atoms with van der Waals surface area (Å²) >= 11 is 0. The molecule has 1 aliphatic rings. The molecular formula is C18H21N5O3. The van der Waals surface area contributed by atoms with Crippen LogP contribution in [0.1, 0.15) is 27.3 Å². The average molecular weight is 355 g/mol. The summed E-state index contributed by atoms with van der Waals surface area (Å²) in [5.41, 5.74) is 0.849. The van der Waals surface area contributed by atoms with Gasteiger partial charge in [0.05, 0.1) is 12.1 Å². The third-order valence-corrected chi connectivity index (χ3v) is 4.19. The van der Waals surface area contributed by atoms with Crippen molar-refractivity contribution in [3.63, 3.8) is 0 Å². The fraction of sp³-hybridized carbons (Fsp3) is 0.333. The Labute approximate surface area is 151 Å². The molecule has 8 nitrogen and oxygen atoms in total. The second kappa shape index (κ2) is 7.81. The van der Waals surface area contributed by atoms with Crippen LogP contribution in [0, 0.1) is 0 Å². The van der Waals surface area contributed by atoms with Crippen LogP contribution < -0.4 is 15.4 Å². The number of likely N-dealkylation sites (tertiary alicyclic amines) is 1. The summed E-state index contributed by atoms with van der Waals surface area (Å²) in [6, 6.07) is 6.84. The largest absolute Gasteiger partial charge is 0.488 e. The predicted octanol–water partition coefficient (Wildman–Crippen LogP) is 1.17. The Hall–Kier alpha value is -3.16. The van der Waals surface area contributed by atoms with Crippen molar-refractivity contribution < 1.29 is 14.3 Å². The molecule has 8 heteroatoms. The van der Waals surface area contributed by atoms with Gasteiger partial charge in [0.2, 0.25) is 0 Å². The second-order valence-electron chi connectivity index (χ2n) is 5.92. The number of pyridine rings is 2. The summed E-state index contributed by atoms with van der Waals surface area (Å²) in [5, 5.41) is 5.45. The van der Waals surface area contributed by atoms with E-state index < -0.39 is 0 Å². The van der Waals surface area contributed by atoms with Crippen LogP contribution >= 0.6 is 0 Å². The number of anilines is 1. The Morgan fingerprint density at radius 2 is 2.08 bits per heavy atom. The number of hydrogen-bond acceptors (Lipinski definition) is 6. The van der Waals surface area contributed by atoms with E-state index in [2.05, 4.69) is 20.6 Å². The molecule has 26 heavy (non-hydrogen) atoms. The third-order valence-electron chi connectivity index (χ3n) is 4.19. The van der Waals surface area contributed by atoms with Crippen LogP contribution in [-0.4, -0.2) is 60.0 Å². The maximum absolute atomic E-state index is 12.6. The number of carbonyl (C=O) groups is 2. The van der Waals surface area contributed by atoms with Gasteiger partial charge in [0.1, 0.15) is 23.4 Å². The van der Waals surface area contributed by atoms with Crippen molar-refractivity contribution in [3.8, 4) is 5.75 Å². The van der Waals surface area contributed by atoms with Gasteiger partial charge in [-0.1, -0.05) is 0 Å². The van der Waals surface area contributed by atoms with E-state index in [0.717, 1.165) is 6.42 Å². The van der Waals surface area contributed by atoms with Crippen LogP contribution in [0.15, 0.2) is 36.7 Å². The number of nitrogens with zero attached hydrogens (tertiary/aromatic N) is 3. The Bertz CT molecular complexity index is 794. The van der Waals surface area contributed by atoms with Crippen LogP contribution in [0.2, 0.25) is 0 Å². The summed E-state index contributed by atoms with van der Waals surface area (Å²) in [7, 11) is 3.33. The van der Waals surface area contributed by atoms with Crippen molar-refractivity contribution in [3.05, 3.63) is 47.9 Å². The molecule has 3 heterocycles. The fourth-order valence-corrected chi connectivity index (χ4v) is 2.79. The van der Waals surface area contributed by atoms with E-state index >= 15 is 0 Å². The first-order valence-electron chi connectivity index (χ1n) is 8.38. The van der Waals surface area contributed by atoms with E-state index in [9.17, 15) is 9.59 Å². The molecule has 0 aromatic carbocycles. The smallest absolute Gasteiger partial charge is 0.269 e. The van der Waals surface area contributed by atoms with Crippen molar-refractivity contribution in [2.45, 2.75) is 12.5 Å². The predicted molar refractivity (Wildman–Crippen MR) is 96.3 cm³/mol. The van der Waals surface area contributed by atoms with Gasteiger partial charge in [-0.3, -0.25) is 14.6 Å². The second-order valence-corrected chi connectivity index (χ2v) is 5.92. The number of aromatic nitrogens is 2. The van der Waals surface area contributed by atoms with Crippen molar-refractivity contribution in [1.82, 2.24) is 20.2 Å². The average Bonchev–Trinajstić information content (AvgIpc) is 3.15. The summed E-state index contributed by atoms with van der Waals surface area (Å²) in [4.78, 5) is 34.2. The SMILES string of the molecule is CNC(=O)c1cc(OC2CCN(C(=O)c3ccc(NC)nc3)C2)ccn1. The molecular weight excluding hydrogens is 334 g/mol. The molecule has 0 spiro atoms. The summed E-state index contributed by atoms with van der Waals surface area (Å²) < 4.78 is 5.92. The number of hydrogen-bond donors (Lipinski definition) is 2. The number of amides is 2. The van der Waals surface area contributed by atoms with Crippen LogP contribution in [0.4, 0.5) is 5.82 Å². The standard InChI is InChI=1S/C18H21N5O3/c1-19-16-4-3-12(10-22-16)18(25)23-8-6-14(11-23)26-13-5-7-21-15(9-13)17(24)20-2/h3-5,7,9-10,14H,6,8,11H2,1-2H3,(H,19,22)(H,20,24). The molecule has 1 atom stereocenters. The molecule has 2 N–H and O–H groups in total. The van der Waals surface area contributed by atoms with Crippen LogP contribution in [-0.2, 0) is 0 Å². The molecule has 1 saturated heterocycles. The van der Waals surface area contributed by atoms with Crippen LogP contribution in [0.3, 0.4) is 0 Å². The van der Waals surface area contributed by atoms with Gasteiger partial charge in [-0.25, -0.2) is 4.98 Å². The van der Waals surface area contributed by atoms with Gasteiger partial charge in [0, 0.05) is 45.5 Å². The maximum Gasteiger partial charge on any atom is 0.269 e. The zero-order valence-corrected chi connectivity index (χ0v) is 14.7. The molecule has 2 aromatic rings. The van der Waals surface area contributed by atoms with Gasteiger partial charge in [-0.2, -0.15) is 0 Å². The lowest BCUT2D eigenvalue weighted by atomic mass is 10.2. The van der Waals surface area contributed by atoms with E-state index in [1.807, 2.05) is 0 Å². The van der Waals surface area contributed by atoms with Crippen molar-refractivity contribution in [2.75, 3.05) is 32.5 Å². The van der Waals surface area contributed by atoms with Gasteiger partial charge in [0.25, 0.3) is 11.8 Å². The van der Waals surface area contributed by atoms with E-state index in [0.29, 0.717) is 35.9 Å². The lowest BCUT2D eigenvalue weighted by molar-refractivity contribution is 0.0772. The van der Waals surface area contributed by atoms with Gasteiger partial charge in [-0.05, 0) is 18.2 Å². The highest BCUT2D eigenvalue weighted by Crippen LogP contribution is 2.20. The Morgan fingerprint density at radius 3 is 2.77 bits per heavy atom. The van der Waals surface area contributed by atoms with E-state index in [1.165, 1.54) is 6.20 Å². The highest BCUT2D eigenvalue weighted by atomic mass is 16.5. The lowest BCUT2D eigenvalue weighted by Crippen LogP contribution is -2.31. The van der Waals surface area contributed by atoms with E-state index in [1.54, 1.807) is 49.5 Å². The molecule has 0 aliphatic carbocycles. The minimum atomic E-state index is -0.267. The van der Waals surface area contributed by atoms with Gasteiger partial charge < -0.3 is 20.3 Å². The van der Waals surface area contributed by atoms with Crippen molar-refractivity contribution >= 4 is 17.6 Å². The highest BCUT2D eigenvalue weighted by molar-refractivity contribution is 5.94. The van der Waals surface area contributed by atoms with Crippen molar-refractivity contribution in [2.24, 2.45) is 0 Å². The monoisotopic (exact) mass is 355 g/mol. The summed E-state index contributed by atoms with van der Waals surface area (Å²) in [5.74, 6) is 0.954. The first-order chi connectivity index (χ1) is 12.6. The van der Waals surface area contributed by atoms with E-state index in [4.69, 9.17) is 4.74 Å². The Balaban J connectivity index is 1.61. The van der Waals surface area contributed by atoms with E-state index in [-0.39, 0.29) is 17.9 Å². The molecule has 1 unspecified atom stereocenters. The zero-order valence-electron chi connectivity index (χ0n) is 14.7. The van der Waals surface area contributed by atoms with Gasteiger partial charge in [0.15, 0.2) is 0 Å². The number of nitrogens with one attached hydrogen (secondary N) is 2. The normalized spacial score (nSPS) is 16.2. The number of carbonyl (C=O) groups excluding carboxylic acids is 2. The first kappa shape index (κ1) is 17.7. The Kier molecular flexibility index (Phi) is 5.31. The quantitative estimate of drug-likeness (QED) is 0.836. The minimum Gasteiger partial charge on any atom is -0.488 e. The highest BCUT2D eigenvalue weighted by Gasteiger charge is 2.28. The third kappa shape index (κ3) is 3.90. The van der Waals surface area contributed by atoms with Crippen LogP contribution in [0.5, 0.6) is 5.75 Å². The number of ether oxygens (including phenoxy) is 1. The topological polar surface area (TPSA) is 96.5 Å². The molecule has 136 valence electrons. The molecule has 0 bridgehead atoms. The maximum atomic E-state index is 12.6. The molecule has 2 amide bonds. The Morgan fingerprint density at radius 1 is 1.23 bits per heavy atom. The first-order valence-corrected chi connectivity index (χ1v) is 8.38. The molecule has 3 rings (SSSR count). The van der Waals surface area contributed by atoms with Gasteiger partial charge in [-0.15, -0.1) is 0 Å². The molecule has 0 saturated carbocycles. The number of rotatable bonds is 5. The zero-order chi connectivity index (χ0) is 18.5. The van der Waals surface area contributed by atoms with Crippen molar-refractivity contribution in [1.29, 1.82) is 0 Å². The fourth-order valence-electron chi connectivity index (χ4n) is 2.79. The molecule has 2 aromatic heterocycles. The molecule has 1 aliphatic heterocycles. The molecule has 0 radical (unpaired) electrons. The lowest BCUT2D eigenvalue weighted by Gasteiger charge is -2.17. The summed E-state index contributed by atoms with van der Waals surface area (Å²) in [6.45, 7) is 1.11. The van der Waals surface area contributed by atoms with Gasteiger partial charge >= 0.3 is 0 Å². The minimum absolute atomic E-state index is 0.0629. The van der Waals surface area contributed by atoms with Crippen LogP contribution in [0.25, 0.3) is 0 Å². The summed E-state index contributed by atoms with van der Waals surface area (Å²) in [6.07, 6.45) is 3.71.